The van der Waals surface area contributed by atoms with E-state index in [0.717, 1.165) is 32.0 Å². The molecule has 0 spiro atoms. The van der Waals surface area contributed by atoms with Crippen LogP contribution in [0.5, 0.6) is 5.75 Å². The summed E-state index contributed by atoms with van der Waals surface area (Å²) in [5.74, 6) is 1.64. The van der Waals surface area contributed by atoms with Crippen molar-refractivity contribution >= 4 is 0 Å². The molecular formula is C17H24N4O. The van der Waals surface area contributed by atoms with Crippen LogP contribution in [-0.4, -0.2) is 45.9 Å². The van der Waals surface area contributed by atoms with Crippen molar-refractivity contribution in [1.29, 1.82) is 0 Å². The Morgan fingerprint density at radius 2 is 2.00 bits per heavy atom. The van der Waals surface area contributed by atoms with Gasteiger partial charge in [0.1, 0.15) is 18.4 Å². The average molecular weight is 300 g/mol. The van der Waals surface area contributed by atoms with Gasteiger partial charge in [0.15, 0.2) is 0 Å². The van der Waals surface area contributed by atoms with E-state index in [2.05, 4.69) is 40.2 Å². The Morgan fingerprint density at radius 1 is 1.18 bits per heavy atom. The van der Waals surface area contributed by atoms with Gasteiger partial charge in [-0.1, -0.05) is 18.2 Å². The van der Waals surface area contributed by atoms with Crippen LogP contribution in [0.2, 0.25) is 0 Å². The van der Waals surface area contributed by atoms with Crippen LogP contribution < -0.4 is 4.74 Å². The Morgan fingerprint density at radius 3 is 2.82 bits per heavy atom. The van der Waals surface area contributed by atoms with Gasteiger partial charge in [0, 0.05) is 25.6 Å². The molecule has 1 aliphatic heterocycles. The molecule has 0 saturated carbocycles. The quantitative estimate of drug-likeness (QED) is 0.821. The number of nitrogens with zero attached hydrogens (tertiary/aromatic N) is 4. The molecule has 1 aromatic carbocycles. The van der Waals surface area contributed by atoms with Crippen LogP contribution in [0.15, 0.2) is 36.9 Å². The largest absolute Gasteiger partial charge is 0.493 e. The van der Waals surface area contributed by atoms with Gasteiger partial charge in [-0.3, -0.25) is 0 Å². The Hall–Kier alpha value is -1.88. The van der Waals surface area contributed by atoms with Crippen LogP contribution in [0, 0.1) is 12.8 Å². The third-order valence-corrected chi connectivity index (χ3v) is 4.31. The lowest BCUT2D eigenvalue weighted by Crippen LogP contribution is -2.39. The van der Waals surface area contributed by atoms with E-state index in [1.165, 1.54) is 24.9 Å². The molecular weight excluding hydrogens is 276 g/mol. The standard InChI is InChI=1S/C17H24N4O/c1-15-5-2-3-7-17(15)22-12-16-6-4-8-20(11-16)9-10-21-13-18-19-14-21/h2-3,5,7,13-14,16H,4,6,8-12H2,1H3. The van der Waals surface area contributed by atoms with Crippen LogP contribution >= 0.6 is 0 Å². The monoisotopic (exact) mass is 300 g/mol. The maximum absolute atomic E-state index is 6.02. The van der Waals surface area contributed by atoms with Gasteiger partial charge in [0.05, 0.1) is 6.61 Å². The number of benzene rings is 1. The van der Waals surface area contributed by atoms with E-state index in [1.807, 2.05) is 10.6 Å². The molecule has 1 saturated heterocycles. The minimum absolute atomic E-state index is 0.620. The molecule has 5 nitrogen and oxygen atoms in total. The molecule has 0 aliphatic carbocycles. The summed E-state index contributed by atoms with van der Waals surface area (Å²) in [6, 6.07) is 8.24. The van der Waals surface area contributed by atoms with Gasteiger partial charge >= 0.3 is 0 Å². The Labute approximate surface area is 131 Å². The molecule has 118 valence electrons. The van der Waals surface area contributed by atoms with Crippen molar-refractivity contribution in [3.8, 4) is 5.75 Å². The molecule has 2 heterocycles. The zero-order valence-electron chi connectivity index (χ0n) is 13.2. The summed E-state index contributed by atoms with van der Waals surface area (Å²) in [5.41, 5.74) is 1.21. The molecule has 0 N–H and O–H groups in total. The first-order valence-electron chi connectivity index (χ1n) is 8.04. The first-order chi connectivity index (χ1) is 10.8. The molecule has 0 radical (unpaired) electrons. The third-order valence-electron chi connectivity index (χ3n) is 4.31. The van der Waals surface area contributed by atoms with E-state index in [4.69, 9.17) is 4.74 Å². The predicted molar refractivity (Wildman–Crippen MR) is 85.9 cm³/mol. The number of likely N-dealkylation sites (tertiary alicyclic amines) is 1. The van der Waals surface area contributed by atoms with Gasteiger partial charge in [0.2, 0.25) is 0 Å². The first kappa shape index (κ1) is 15.0. The highest BCUT2D eigenvalue weighted by atomic mass is 16.5. The summed E-state index contributed by atoms with van der Waals surface area (Å²) in [6.45, 7) is 7.23. The lowest BCUT2D eigenvalue weighted by atomic mass is 9.99. The molecule has 1 fully saturated rings. The zero-order valence-corrected chi connectivity index (χ0v) is 13.2. The van der Waals surface area contributed by atoms with Crippen LogP contribution in [0.4, 0.5) is 0 Å². The number of rotatable bonds is 6. The molecule has 22 heavy (non-hydrogen) atoms. The van der Waals surface area contributed by atoms with Crippen molar-refractivity contribution in [2.75, 3.05) is 26.2 Å². The van der Waals surface area contributed by atoms with E-state index in [9.17, 15) is 0 Å². The number of piperidine rings is 1. The van der Waals surface area contributed by atoms with Gasteiger partial charge < -0.3 is 14.2 Å². The second-order valence-electron chi connectivity index (χ2n) is 6.09. The number of hydrogen-bond acceptors (Lipinski definition) is 4. The average Bonchev–Trinajstić information content (AvgIpc) is 3.06. The van der Waals surface area contributed by atoms with E-state index in [-0.39, 0.29) is 0 Å². The van der Waals surface area contributed by atoms with E-state index in [1.54, 1.807) is 12.7 Å². The van der Waals surface area contributed by atoms with E-state index >= 15 is 0 Å². The summed E-state index contributed by atoms with van der Waals surface area (Å²) in [5, 5.41) is 7.69. The highest BCUT2D eigenvalue weighted by molar-refractivity contribution is 5.31. The van der Waals surface area contributed by atoms with Gasteiger partial charge in [-0.15, -0.1) is 10.2 Å². The number of hydrogen-bond donors (Lipinski definition) is 0. The van der Waals surface area contributed by atoms with Crippen LogP contribution in [0.25, 0.3) is 0 Å². The van der Waals surface area contributed by atoms with Gasteiger partial charge in [-0.25, -0.2) is 0 Å². The number of aromatic nitrogens is 3. The highest BCUT2D eigenvalue weighted by Gasteiger charge is 2.20. The Balaban J connectivity index is 1.45. The summed E-state index contributed by atoms with van der Waals surface area (Å²) in [7, 11) is 0. The molecule has 3 rings (SSSR count). The van der Waals surface area contributed by atoms with Crippen molar-refractivity contribution < 1.29 is 4.74 Å². The molecule has 1 unspecified atom stereocenters. The lowest BCUT2D eigenvalue weighted by Gasteiger charge is -2.32. The minimum Gasteiger partial charge on any atom is -0.493 e. The van der Waals surface area contributed by atoms with Crippen LogP contribution in [0.1, 0.15) is 18.4 Å². The SMILES string of the molecule is Cc1ccccc1OCC1CCCN(CCn2cnnc2)C1. The summed E-state index contributed by atoms with van der Waals surface area (Å²) >= 11 is 0. The summed E-state index contributed by atoms with van der Waals surface area (Å²) in [6.07, 6.45) is 6.07. The fraction of sp³-hybridized carbons (Fsp3) is 0.529. The van der Waals surface area contributed by atoms with Crippen molar-refractivity contribution in [3.63, 3.8) is 0 Å². The molecule has 5 heteroatoms. The van der Waals surface area contributed by atoms with Crippen LogP contribution in [-0.2, 0) is 6.54 Å². The van der Waals surface area contributed by atoms with E-state index in [0.29, 0.717) is 5.92 Å². The number of para-hydroxylation sites is 1. The Kier molecular flexibility index (Phi) is 5.06. The maximum Gasteiger partial charge on any atom is 0.122 e. The van der Waals surface area contributed by atoms with Gasteiger partial charge in [-0.05, 0) is 37.9 Å². The second kappa shape index (κ2) is 7.40. The molecule has 2 aromatic rings. The Bertz CT molecular complexity index is 570. The highest BCUT2D eigenvalue weighted by Crippen LogP contribution is 2.21. The van der Waals surface area contributed by atoms with Crippen molar-refractivity contribution in [1.82, 2.24) is 19.7 Å². The van der Waals surface area contributed by atoms with Crippen molar-refractivity contribution in [2.24, 2.45) is 5.92 Å². The molecule has 1 atom stereocenters. The van der Waals surface area contributed by atoms with Gasteiger partial charge in [-0.2, -0.15) is 0 Å². The van der Waals surface area contributed by atoms with Crippen molar-refractivity contribution in [3.05, 3.63) is 42.5 Å². The van der Waals surface area contributed by atoms with Crippen molar-refractivity contribution in [2.45, 2.75) is 26.3 Å². The fourth-order valence-corrected chi connectivity index (χ4v) is 3.01. The number of aryl methyl sites for hydroxylation is 1. The molecule has 1 aliphatic rings. The fourth-order valence-electron chi connectivity index (χ4n) is 3.01. The topological polar surface area (TPSA) is 43.2 Å². The maximum atomic E-state index is 6.02. The first-order valence-corrected chi connectivity index (χ1v) is 8.04. The zero-order chi connectivity index (χ0) is 15.2. The van der Waals surface area contributed by atoms with E-state index < -0.39 is 0 Å². The van der Waals surface area contributed by atoms with Gasteiger partial charge in [0.25, 0.3) is 0 Å². The molecule has 0 amide bonds. The normalized spacial score (nSPS) is 19.2. The minimum atomic E-state index is 0.620. The molecule has 1 aromatic heterocycles. The second-order valence-corrected chi connectivity index (χ2v) is 6.09. The molecule has 0 bridgehead atoms. The third kappa shape index (κ3) is 4.07. The lowest BCUT2D eigenvalue weighted by molar-refractivity contribution is 0.127. The number of ether oxygens (including phenoxy) is 1. The summed E-state index contributed by atoms with van der Waals surface area (Å²) in [4.78, 5) is 2.52. The smallest absolute Gasteiger partial charge is 0.122 e. The predicted octanol–water partition coefficient (Wildman–Crippen LogP) is 2.38. The van der Waals surface area contributed by atoms with Crippen LogP contribution in [0.3, 0.4) is 0 Å². The summed E-state index contributed by atoms with van der Waals surface area (Å²) < 4.78 is 8.06.